The zero-order valence-corrected chi connectivity index (χ0v) is 13.2. The monoisotopic (exact) mass is 297 g/mol. The zero-order chi connectivity index (χ0) is 14.0. The van der Waals surface area contributed by atoms with Gasteiger partial charge in [0.15, 0.2) is 0 Å². The molecule has 0 saturated carbocycles. The predicted octanol–water partition coefficient (Wildman–Crippen LogP) is 4.19. The van der Waals surface area contributed by atoms with Gasteiger partial charge in [0.05, 0.1) is 10.5 Å². The molecular formula is C14H20ClN3S. The van der Waals surface area contributed by atoms with Crippen LogP contribution >= 0.6 is 23.4 Å². The van der Waals surface area contributed by atoms with Gasteiger partial charge < -0.3 is 10.3 Å². The summed E-state index contributed by atoms with van der Waals surface area (Å²) in [5, 5.41) is 0.658. The minimum absolute atomic E-state index is 0.198. The first-order chi connectivity index (χ1) is 9.06. The quantitative estimate of drug-likeness (QED) is 0.900. The van der Waals surface area contributed by atoms with E-state index in [-0.39, 0.29) is 4.75 Å². The maximum Gasteiger partial charge on any atom is 0.201 e. The summed E-state index contributed by atoms with van der Waals surface area (Å²) in [6, 6.07) is 5.82. The number of rotatable bonds is 5. The van der Waals surface area contributed by atoms with E-state index in [1.807, 2.05) is 30.0 Å². The van der Waals surface area contributed by atoms with Crippen molar-refractivity contribution in [1.29, 1.82) is 0 Å². The summed E-state index contributed by atoms with van der Waals surface area (Å²) in [6.45, 7) is 5.31. The zero-order valence-electron chi connectivity index (χ0n) is 11.6. The summed E-state index contributed by atoms with van der Waals surface area (Å²) in [5.41, 5.74) is 7.89. The van der Waals surface area contributed by atoms with Gasteiger partial charge in [0.2, 0.25) is 5.95 Å². The third-order valence-corrected chi connectivity index (χ3v) is 5.80. The number of imidazole rings is 1. The van der Waals surface area contributed by atoms with Gasteiger partial charge in [0.25, 0.3) is 0 Å². The second-order valence-electron chi connectivity index (χ2n) is 4.76. The summed E-state index contributed by atoms with van der Waals surface area (Å²) in [5.74, 6) is 0.545. The number of benzene rings is 1. The van der Waals surface area contributed by atoms with Crippen LogP contribution in [0.3, 0.4) is 0 Å². The number of nitrogen functional groups attached to an aromatic ring is 1. The smallest absolute Gasteiger partial charge is 0.201 e. The van der Waals surface area contributed by atoms with Crippen LogP contribution in [0.2, 0.25) is 5.02 Å². The van der Waals surface area contributed by atoms with Gasteiger partial charge in [-0.25, -0.2) is 4.98 Å². The van der Waals surface area contributed by atoms with Crippen molar-refractivity contribution in [2.45, 2.75) is 38.0 Å². The van der Waals surface area contributed by atoms with E-state index in [1.54, 1.807) is 0 Å². The second-order valence-corrected chi connectivity index (χ2v) is 6.44. The molecule has 2 aromatic rings. The number of nitrogens with zero attached hydrogens (tertiary/aromatic N) is 2. The van der Waals surface area contributed by atoms with Crippen molar-refractivity contribution in [3.8, 4) is 0 Å². The van der Waals surface area contributed by atoms with Gasteiger partial charge in [-0.15, -0.1) is 0 Å². The number of nitrogens with two attached hydrogens (primary N) is 1. The Labute approximate surface area is 123 Å². The Morgan fingerprint density at radius 1 is 1.37 bits per heavy atom. The number of anilines is 1. The fraction of sp³-hybridized carbons (Fsp3) is 0.500. The van der Waals surface area contributed by atoms with Crippen LogP contribution in [0.25, 0.3) is 11.0 Å². The van der Waals surface area contributed by atoms with Crippen molar-refractivity contribution in [3.05, 3.63) is 23.2 Å². The molecule has 3 nitrogen and oxygen atoms in total. The van der Waals surface area contributed by atoms with Gasteiger partial charge in [0.1, 0.15) is 5.52 Å². The van der Waals surface area contributed by atoms with E-state index in [0.717, 1.165) is 30.4 Å². The number of hydrogen-bond acceptors (Lipinski definition) is 3. The van der Waals surface area contributed by atoms with E-state index in [1.165, 1.54) is 0 Å². The SMILES string of the molecule is CCC(CC)(Cn1c(N)nc2c(Cl)cccc21)SC. The van der Waals surface area contributed by atoms with Crippen molar-refractivity contribution >= 4 is 40.3 Å². The van der Waals surface area contributed by atoms with Crippen molar-refractivity contribution < 1.29 is 0 Å². The van der Waals surface area contributed by atoms with E-state index in [4.69, 9.17) is 17.3 Å². The summed E-state index contributed by atoms with van der Waals surface area (Å²) < 4.78 is 2.29. The lowest BCUT2D eigenvalue weighted by atomic mass is 10.0. The minimum atomic E-state index is 0.198. The molecule has 2 rings (SSSR count). The third-order valence-electron chi connectivity index (χ3n) is 3.93. The van der Waals surface area contributed by atoms with Crippen LogP contribution in [0, 0.1) is 0 Å². The number of hydrogen-bond donors (Lipinski definition) is 1. The summed E-state index contributed by atoms with van der Waals surface area (Å²) in [4.78, 5) is 4.40. The minimum Gasteiger partial charge on any atom is -0.369 e. The highest BCUT2D eigenvalue weighted by atomic mass is 35.5. The Kier molecular flexibility index (Phi) is 4.31. The molecule has 0 spiro atoms. The molecule has 0 atom stereocenters. The number of thioether (sulfide) groups is 1. The number of para-hydroxylation sites is 1. The summed E-state index contributed by atoms with van der Waals surface area (Å²) in [6.07, 6.45) is 4.37. The summed E-state index contributed by atoms with van der Waals surface area (Å²) >= 11 is 8.08. The molecule has 1 aromatic carbocycles. The van der Waals surface area contributed by atoms with Crippen molar-refractivity contribution in [2.24, 2.45) is 0 Å². The number of aromatic nitrogens is 2. The first-order valence-corrected chi connectivity index (χ1v) is 8.12. The molecule has 5 heteroatoms. The van der Waals surface area contributed by atoms with Crippen LogP contribution in [0.5, 0.6) is 0 Å². The molecule has 0 saturated heterocycles. The molecule has 0 unspecified atom stereocenters. The highest BCUT2D eigenvalue weighted by molar-refractivity contribution is 8.00. The maximum absolute atomic E-state index is 6.18. The average Bonchev–Trinajstić information content (AvgIpc) is 2.74. The predicted molar refractivity (Wildman–Crippen MR) is 86.0 cm³/mol. The Balaban J connectivity index is 2.51. The average molecular weight is 298 g/mol. The fourth-order valence-electron chi connectivity index (χ4n) is 2.41. The molecule has 19 heavy (non-hydrogen) atoms. The highest BCUT2D eigenvalue weighted by Crippen LogP contribution is 2.35. The van der Waals surface area contributed by atoms with Crippen molar-refractivity contribution in [2.75, 3.05) is 12.0 Å². The van der Waals surface area contributed by atoms with Crippen molar-refractivity contribution in [3.63, 3.8) is 0 Å². The van der Waals surface area contributed by atoms with E-state index in [0.29, 0.717) is 11.0 Å². The number of halogens is 1. The van der Waals surface area contributed by atoms with E-state index in [2.05, 4.69) is 29.7 Å². The Bertz CT molecular complexity index is 567. The van der Waals surface area contributed by atoms with Crippen LogP contribution in [0.4, 0.5) is 5.95 Å². The Morgan fingerprint density at radius 3 is 2.63 bits per heavy atom. The normalized spacial score (nSPS) is 12.2. The van der Waals surface area contributed by atoms with Crippen molar-refractivity contribution in [1.82, 2.24) is 9.55 Å². The molecule has 1 aromatic heterocycles. The second kappa shape index (κ2) is 5.63. The fourth-order valence-corrected chi connectivity index (χ4v) is 3.46. The molecule has 1 heterocycles. The lowest BCUT2D eigenvalue weighted by Gasteiger charge is -2.30. The van der Waals surface area contributed by atoms with E-state index in [9.17, 15) is 0 Å². The number of fused-ring (bicyclic) bond motifs is 1. The van der Waals surface area contributed by atoms with Crippen LogP contribution in [0.1, 0.15) is 26.7 Å². The van der Waals surface area contributed by atoms with Gasteiger partial charge in [-0.05, 0) is 31.2 Å². The molecule has 104 valence electrons. The molecular weight excluding hydrogens is 278 g/mol. The van der Waals surface area contributed by atoms with Crippen LogP contribution in [-0.4, -0.2) is 20.6 Å². The van der Waals surface area contributed by atoms with Crippen LogP contribution in [0.15, 0.2) is 18.2 Å². The first kappa shape index (κ1) is 14.5. The van der Waals surface area contributed by atoms with E-state index < -0.39 is 0 Å². The molecule has 0 radical (unpaired) electrons. The molecule has 0 aliphatic heterocycles. The highest BCUT2D eigenvalue weighted by Gasteiger charge is 2.27. The van der Waals surface area contributed by atoms with Gasteiger partial charge in [-0.3, -0.25) is 0 Å². The lowest BCUT2D eigenvalue weighted by Crippen LogP contribution is -2.29. The molecule has 0 aliphatic rings. The molecule has 2 N–H and O–H groups in total. The summed E-state index contributed by atoms with van der Waals surface area (Å²) in [7, 11) is 0. The van der Waals surface area contributed by atoms with Gasteiger partial charge in [-0.1, -0.05) is 31.5 Å². The molecule has 0 fully saturated rings. The molecule has 0 amide bonds. The lowest BCUT2D eigenvalue weighted by molar-refractivity contribution is 0.476. The van der Waals surface area contributed by atoms with Gasteiger partial charge in [-0.2, -0.15) is 11.8 Å². The standard InChI is InChI=1S/C14H20ClN3S/c1-4-14(5-2,19-3)9-18-11-8-6-7-10(15)12(11)17-13(18)16/h6-8H,4-5,9H2,1-3H3,(H2,16,17). The first-order valence-electron chi connectivity index (χ1n) is 6.52. The van der Waals surface area contributed by atoms with Crippen LogP contribution in [-0.2, 0) is 6.54 Å². The Hall–Kier alpha value is -0.870. The molecule has 0 bridgehead atoms. The third kappa shape index (κ3) is 2.56. The largest absolute Gasteiger partial charge is 0.369 e. The molecule has 0 aliphatic carbocycles. The van der Waals surface area contributed by atoms with Crippen LogP contribution < -0.4 is 5.73 Å². The topological polar surface area (TPSA) is 43.8 Å². The van der Waals surface area contributed by atoms with Gasteiger partial charge >= 0.3 is 0 Å². The maximum atomic E-state index is 6.18. The van der Waals surface area contributed by atoms with Gasteiger partial charge in [0, 0.05) is 11.3 Å². The Morgan fingerprint density at radius 2 is 2.05 bits per heavy atom. The van der Waals surface area contributed by atoms with E-state index >= 15 is 0 Å².